The molecule has 7 nitrogen and oxygen atoms in total. The Labute approximate surface area is 177 Å². The average Bonchev–Trinajstić information content (AvgIpc) is 3.06. The maximum atomic E-state index is 13.1. The number of aromatic nitrogens is 1. The molecule has 1 heterocycles. The van der Waals surface area contributed by atoms with Crippen molar-refractivity contribution in [2.24, 2.45) is 0 Å². The molecule has 0 fully saturated rings. The van der Waals surface area contributed by atoms with E-state index in [1.165, 1.54) is 35.6 Å². The number of rotatable bonds is 7. The van der Waals surface area contributed by atoms with E-state index in [-0.39, 0.29) is 36.2 Å². The molecule has 0 spiro atoms. The lowest BCUT2D eigenvalue weighted by Gasteiger charge is -2.22. The van der Waals surface area contributed by atoms with Crippen LogP contribution in [0.4, 0.5) is 15.2 Å². The van der Waals surface area contributed by atoms with Gasteiger partial charge in [0.05, 0.1) is 21.6 Å². The average molecular weight is 439 g/mol. The van der Waals surface area contributed by atoms with Crippen LogP contribution in [-0.4, -0.2) is 47.9 Å². The molecule has 0 saturated heterocycles. The number of non-ortho nitro benzene ring substituents is 1. The Balaban J connectivity index is 0.00000300. The normalized spacial score (nSPS) is 10.8. The fraction of sp³-hybridized carbons (Fsp3) is 0.263. The molecular formula is C19H20ClFN4O3S. The molecule has 0 atom stereocenters. The van der Waals surface area contributed by atoms with Gasteiger partial charge in [-0.1, -0.05) is 23.5 Å². The van der Waals surface area contributed by atoms with E-state index in [0.29, 0.717) is 34.0 Å². The Bertz CT molecular complexity index is 1010. The number of amides is 1. The Kier molecular flexibility index (Phi) is 7.60. The minimum absolute atomic E-state index is 0. The molecule has 29 heavy (non-hydrogen) atoms. The van der Waals surface area contributed by atoms with Gasteiger partial charge in [0.1, 0.15) is 5.82 Å². The van der Waals surface area contributed by atoms with Crippen LogP contribution in [0.5, 0.6) is 0 Å². The fourth-order valence-corrected chi connectivity index (χ4v) is 3.67. The summed E-state index contributed by atoms with van der Waals surface area (Å²) in [6.07, 6.45) is 0.115. The van der Waals surface area contributed by atoms with Gasteiger partial charge in [-0.2, -0.15) is 0 Å². The van der Waals surface area contributed by atoms with Crippen molar-refractivity contribution in [3.05, 3.63) is 64.0 Å². The highest BCUT2D eigenvalue weighted by Crippen LogP contribution is 2.31. The highest BCUT2D eigenvalue weighted by atomic mass is 35.5. The van der Waals surface area contributed by atoms with Gasteiger partial charge in [0.15, 0.2) is 5.13 Å². The lowest BCUT2D eigenvalue weighted by atomic mass is 10.1. The molecule has 10 heteroatoms. The lowest BCUT2D eigenvalue weighted by molar-refractivity contribution is -0.384. The quantitative estimate of drug-likeness (QED) is 0.413. The van der Waals surface area contributed by atoms with Crippen LogP contribution in [0.1, 0.15) is 5.56 Å². The minimum Gasteiger partial charge on any atom is -0.308 e. The summed E-state index contributed by atoms with van der Waals surface area (Å²) in [4.78, 5) is 31.5. The molecule has 0 N–H and O–H groups in total. The Morgan fingerprint density at radius 1 is 1.17 bits per heavy atom. The van der Waals surface area contributed by atoms with Crippen LogP contribution < -0.4 is 4.90 Å². The molecule has 1 aromatic heterocycles. The van der Waals surface area contributed by atoms with Crippen molar-refractivity contribution in [1.82, 2.24) is 9.88 Å². The predicted molar refractivity (Wildman–Crippen MR) is 115 cm³/mol. The van der Waals surface area contributed by atoms with Crippen molar-refractivity contribution >= 4 is 50.7 Å². The number of hydrogen-bond acceptors (Lipinski definition) is 6. The van der Waals surface area contributed by atoms with Crippen LogP contribution in [0, 0.1) is 15.9 Å². The van der Waals surface area contributed by atoms with Crippen LogP contribution >= 0.6 is 23.7 Å². The number of benzene rings is 2. The Hall–Kier alpha value is -2.62. The van der Waals surface area contributed by atoms with Gasteiger partial charge < -0.3 is 4.90 Å². The topological polar surface area (TPSA) is 79.6 Å². The molecule has 1 amide bonds. The highest BCUT2D eigenvalue weighted by Gasteiger charge is 2.21. The van der Waals surface area contributed by atoms with Crippen LogP contribution in [0.25, 0.3) is 10.2 Å². The summed E-state index contributed by atoms with van der Waals surface area (Å²) >= 11 is 1.24. The summed E-state index contributed by atoms with van der Waals surface area (Å²) in [5, 5.41) is 11.5. The van der Waals surface area contributed by atoms with Gasteiger partial charge in [0.2, 0.25) is 5.91 Å². The third-order valence-electron chi connectivity index (χ3n) is 4.14. The zero-order valence-corrected chi connectivity index (χ0v) is 17.5. The Morgan fingerprint density at radius 2 is 1.86 bits per heavy atom. The van der Waals surface area contributed by atoms with Crippen molar-refractivity contribution < 1.29 is 14.1 Å². The Morgan fingerprint density at radius 3 is 2.48 bits per heavy atom. The molecule has 3 rings (SSSR count). The van der Waals surface area contributed by atoms with E-state index in [9.17, 15) is 19.3 Å². The summed E-state index contributed by atoms with van der Waals surface area (Å²) < 4.78 is 13.8. The molecule has 0 aliphatic heterocycles. The monoisotopic (exact) mass is 438 g/mol. The summed E-state index contributed by atoms with van der Waals surface area (Å²) in [5.74, 6) is -0.518. The number of fused-ring (bicyclic) bond motifs is 1. The third-order valence-corrected chi connectivity index (χ3v) is 5.18. The molecule has 0 aliphatic rings. The van der Waals surface area contributed by atoms with E-state index in [0.717, 1.165) is 0 Å². The number of thiazole rings is 1. The van der Waals surface area contributed by atoms with E-state index in [2.05, 4.69) is 4.98 Å². The molecule has 0 bridgehead atoms. The van der Waals surface area contributed by atoms with Gasteiger partial charge in [0, 0.05) is 25.2 Å². The minimum atomic E-state index is -0.456. The standard InChI is InChI=1S/C19H19FN4O3S.ClH/c1-22(2)9-10-23(18(25)11-13-3-5-14(20)6-4-13)19-21-16-8-7-15(24(26)27)12-17(16)28-19;/h3-8,12H,9-11H2,1-2H3;1H. The number of nitro groups is 1. The van der Waals surface area contributed by atoms with Crippen LogP contribution in [0.2, 0.25) is 0 Å². The summed E-state index contributed by atoms with van der Waals surface area (Å²) in [7, 11) is 3.81. The zero-order chi connectivity index (χ0) is 20.3. The first-order valence-electron chi connectivity index (χ1n) is 8.58. The SMILES string of the molecule is CN(C)CCN(C(=O)Cc1ccc(F)cc1)c1nc2ccc([N+](=O)[O-])cc2s1.Cl. The fourth-order valence-electron chi connectivity index (χ4n) is 2.63. The molecule has 2 aromatic carbocycles. The van der Waals surface area contributed by atoms with Crippen molar-refractivity contribution in [2.45, 2.75) is 6.42 Å². The second kappa shape index (κ2) is 9.73. The van der Waals surface area contributed by atoms with Gasteiger partial charge >= 0.3 is 0 Å². The molecule has 0 radical (unpaired) electrons. The number of carbonyl (C=O) groups is 1. The largest absolute Gasteiger partial charge is 0.308 e. The lowest BCUT2D eigenvalue weighted by Crippen LogP contribution is -2.37. The number of hydrogen-bond donors (Lipinski definition) is 0. The van der Waals surface area contributed by atoms with E-state index in [4.69, 9.17) is 0 Å². The van der Waals surface area contributed by atoms with E-state index in [1.807, 2.05) is 19.0 Å². The van der Waals surface area contributed by atoms with Crippen molar-refractivity contribution in [3.63, 3.8) is 0 Å². The highest BCUT2D eigenvalue weighted by molar-refractivity contribution is 7.22. The first kappa shape index (κ1) is 22.7. The number of nitrogens with zero attached hydrogens (tertiary/aromatic N) is 4. The van der Waals surface area contributed by atoms with Crippen molar-refractivity contribution in [3.8, 4) is 0 Å². The molecule has 154 valence electrons. The summed E-state index contributed by atoms with van der Waals surface area (Å²) in [6.45, 7) is 1.06. The first-order valence-corrected chi connectivity index (χ1v) is 9.39. The van der Waals surface area contributed by atoms with Gasteiger partial charge in [0.25, 0.3) is 5.69 Å². The predicted octanol–water partition coefficient (Wildman–Crippen LogP) is 3.90. The number of likely N-dealkylation sites (N-methyl/N-ethyl adjacent to an activating group) is 1. The molecule has 0 saturated carbocycles. The van der Waals surface area contributed by atoms with Crippen molar-refractivity contribution in [1.29, 1.82) is 0 Å². The van der Waals surface area contributed by atoms with Crippen LogP contribution in [-0.2, 0) is 11.2 Å². The third kappa shape index (κ3) is 5.69. The number of anilines is 1. The van der Waals surface area contributed by atoms with Gasteiger partial charge in [-0.25, -0.2) is 9.37 Å². The van der Waals surface area contributed by atoms with Gasteiger partial charge in [-0.3, -0.25) is 19.8 Å². The van der Waals surface area contributed by atoms with E-state index in [1.54, 1.807) is 23.1 Å². The van der Waals surface area contributed by atoms with Crippen LogP contribution in [0.3, 0.4) is 0 Å². The first-order chi connectivity index (χ1) is 13.3. The summed E-state index contributed by atoms with van der Waals surface area (Å²) in [5.41, 5.74) is 1.30. The van der Waals surface area contributed by atoms with E-state index >= 15 is 0 Å². The van der Waals surface area contributed by atoms with Gasteiger partial charge in [-0.15, -0.1) is 12.4 Å². The maximum absolute atomic E-state index is 13.1. The molecular weight excluding hydrogens is 419 g/mol. The summed E-state index contributed by atoms with van der Waals surface area (Å²) in [6, 6.07) is 10.3. The second-order valence-corrected chi connectivity index (χ2v) is 7.57. The second-order valence-electron chi connectivity index (χ2n) is 6.56. The van der Waals surface area contributed by atoms with Crippen LogP contribution in [0.15, 0.2) is 42.5 Å². The number of halogens is 2. The smallest absolute Gasteiger partial charge is 0.270 e. The maximum Gasteiger partial charge on any atom is 0.270 e. The zero-order valence-electron chi connectivity index (χ0n) is 15.9. The number of nitro benzene ring substituents is 1. The van der Waals surface area contributed by atoms with Gasteiger partial charge in [-0.05, 0) is 37.9 Å². The van der Waals surface area contributed by atoms with E-state index < -0.39 is 4.92 Å². The molecule has 3 aromatic rings. The number of carbonyl (C=O) groups excluding carboxylic acids is 1. The molecule has 0 unspecified atom stereocenters. The van der Waals surface area contributed by atoms with Crippen molar-refractivity contribution in [2.75, 3.05) is 32.1 Å². The molecule has 0 aliphatic carbocycles.